The number of nitrogens with zero attached hydrogens (tertiary/aromatic N) is 1. The van der Waals surface area contributed by atoms with Gasteiger partial charge in [0.2, 0.25) is 5.91 Å². The normalized spacial score (nSPS) is 40.2. The molecule has 1 saturated carbocycles. The van der Waals surface area contributed by atoms with Crippen LogP contribution in [0.3, 0.4) is 0 Å². The van der Waals surface area contributed by atoms with Gasteiger partial charge < -0.3 is 5.32 Å². The number of nitrogens with one attached hydrogen (secondary N) is 1. The van der Waals surface area contributed by atoms with Gasteiger partial charge in [0.15, 0.2) is 0 Å². The van der Waals surface area contributed by atoms with Gasteiger partial charge in [0.25, 0.3) is 0 Å². The van der Waals surface area contributed by atoms with Crippen molar-refractivity contribution in [3.05, 3.63) is 0 Å². The van der Waals surface area contributed by atoms with Gasteiger partial charge in [-0.05, 0) is 19.3 Å². The van der Waals surface area contributed by atoms with Crippen molar-refractivity contribution in [2.24, 2.45) is 5.92 Å². The molecule has 2 aliphatic heterocycles. The minimum absolute atomic E-state index is 0.290. The maximum Gasteiger partial charge on any atom is 0.224 e. The zero-order valence-corrected chi connectivity index (χ0v) is 7.83. The molecule has 2 atom stereocenters. The van der Waals surface area contributed by atoms with Crippen molar-refractivity contribution in [3.8, 4) is 0 Å². The number of carbonyl (C=O) groups excluding carboxylic acids is 1. The quantitative estimate of drug-likeness (QED) is 0.632. The number of hydrogen-bond acceptors (Lipinski definition) is 2. The average Bonchev–Trinajstić information content (AvgIpc) is 2.36. The largest absolute Gasteiger partial charge is 0.354 e. The second-order valence-corrected chi connectivity index (χ2v) is 4.61. The first-order valence-electron chi connectivity index (χ1n) is 5.38. The second kappa shape index (κ2) is 2.71. The summed E-state index contributed by atoms with van der Waals surface area (Å²) in [5, 5.41) is 3.00. The van der Waals surface area contributed by atoms with Crippen LogP contribution in [-0.4, -0.2) is 36.0 Å². The van der Waals surface area contributed by atoms with E-state index >= 15 is 0 Å². The van der Waals surface area contributed by atoms with E-state index in [1.165, 1.54) is 19.3 Å². The molecule has 0 aromatic carbocycles. The Hall–Kier alpha value is -0.570. The molecule has 0 radical (unpaired) electrons. The molecule has 0 unspecified atom stereocenters. The van der Waals surface area contributed by atoms with Crippen molar-refractivity contribution < 1.29 is 4.79 Å². The third-order valence-corrected chi connectivity index (χ3v) is 3.88. The Bertz CT molecular complexity index is 237. The highest BCUT2D eigenvalue weighted by Gasteiger charge is 2.43. The summed E-state index contributed by atoms with van der Waals surface area (Å²) in [6.45, 7) is 1.92. The SMILES string of the molecule is O=C1NC[C@@H]2C[C@H]1CN2C1CCC1. The Kier molecular flexibility index (Phi) is 1.62. The number of likely N-dealkylation sites (tertiary alicyclic amines) is 1. The van der Waals surface area contributed by atoms with Crippen molar-refractivity contribution in [2.75, 3.05) is 13.1 Å². The van der Waals surface area contributed by atoms with Crippen LogP contribution in [0.4, 0.5) is 0 Å². The van der Waals surface area contributed by atoms with E-state index in [0.717, 1.165) is 25.6 Å². The summed E-state index contributed by atoms with van der Waals surface area (Å²) in [7, 11) is 0. The van der Waals surface area contributed by atoms with E-state index in [4.69, 9.17) is 0 Å². The number of carbonyl (C=O) groups is 1. The topological polar surface area (TPSA) is 32.3 Å². The molecule has 1 N–H and O–H groups in total. The summed E-state index contributed by atoms with van der Waals surface area (Å²) in [5.41, 5.74) is 0. The van der Waals surface area contributed by atoms with Gasteiger partial charge in [-0.2, -0.15) is 0 Å². The summed E-state index contributed by atoms with van der Waals surface area (Å²) in [6, 6.07) is 1.47. The lowest BCUT2D eigenvalue weighted by atomic mass is 9.91. The smallest absolute Gasteiger partial charge is 0.224 e. The molecule has 0 aromatic heterocycles. The predicted molar refractivity (Wildman–Crippen MR) is 49.2 cm³/mol. The zero-order valence-electron chi connectivity index (χ0n) is 7.83. The molecule has 13 heavy (non-hydrogen) atoms. The molecule has 3 aliphatic rings. The summed E-state index contributed by atoms with van der Waals surface area (Å²) in [6.07, 6.45) is 5.22. The average molecular weight is 180 g/mol. The second-order valence-electron chi connectivity index (χ2n) is 4.61. The Morgan fingerprint density at radius 1 is 1.31 bits per heavy atom. The van der Waals surface area contributed by atoms with Gasteiger partial charge in [0, 0.05) is 25.2 Å². The summed E-state index contributed by atoms with van der Waals surface area (Å²) in [5.74, 6) is 0.595. The van der Waals surface area contributed by atoms with Crippen LogP contribution in [0.5, 0.6) is 0 Å². The predicted octanol–water partition coefficient (Wildman–Crippen LogP) is 0.359. The fourth-order valence-electron chi connectivity index (χ4n) is 2.86. The number of amides is 1. The molecule has 3 fully saturated rings. The number of hydrogen-bond donors (Lipinski definition) is 1. The first-order chi connectivity index (χ1) is 6.34. The molecule has 0 spiro atoms. The standard InChI is InChI=1S/C10H16N2O/c13-10-7-4-9(5-11-10)12(6-7)8-2-1-3-8/h7-9H,1-6H2,(H,11,13)/t7-,9-/m0/s1. The van der Waals surface area contributed by atoms with Crippen LogP contribution in [0.15, 0.2) is 0 Å². The highest BCUT2D eigenvalue weighted by molar-refractivity contribution is 5.80. The van der Waals surface area contributed by atoms with Crippen molar-refractivity contribution in [3.63, 3.8) is 0 Å². The monoisotopic (exact) mass is 180 g/mol. The van der Waals surface area contributed by atoms with Gasteiger partial charge in [-0.25, -0.2) is 0 Å². The molecule has 2 bridgehead atoms. The van der Waals surface area contributed by atoms with Gasteiger partial charge in [-0.15, -0.1) is 0 Å². The molecule has 0 aromatic rings. The molecule has 2 heterocycles. The van der Waals surface area contributed by atoms with Crippen molar-refractivity contribution in [2.45, 2.75) is 37.8 Å². The Balaban J connectivity index is 1.74. The molecule has 3 rings (SSSR count). The van der Waals surface area contributed by atoms with E-state index < -0.39 is 0 Å². The first-order valence-corrected chi connectivity index (χ1v) is 5.38. The number of fused-ring (bicyclic) bond motifs is 2. The zero-order chi connectivity index (χ0) is 8.84. The van der Waals surface area contributed by atoms with E-state index in [-0.39, 0.29) is 5.91 Å². The lowest BCUT2D eigenvalue weighted by Crippen LogP contribution is -2.47. The highest BCUT2D eigenvalue weighted by atomic mass is 16.2. The molecule has 3 nitrogen and oxygen atoms in total. The van der Waals surface area contributed by atoms with Gasteiger partial charge in [-0.1, -0.05) is 6.42 Å². The van der Waals surface area contributed by atoms with Gasteiger partial charge in [-0.3, -0.25) is 9.69 Å². The van der Waals surface area contributed by atoms with Crippen LogP contribution in [0.25, 0.3) is 0 Å². The lowest BCUT2D eigenvalue weighted by Gasteiger charge is -2.38. The van der Waals surface area contributed by atoms with Crippen LogP contribution in [0.1, 0.15) is 25.7 Å². The minimum atomic E-state index is 0.290. The first kappa shape index (κ1) is 7.80. The van der Waals surface area contributed by atoms with Crippen LogP contribution in [0, 0.1) is 5.92 Å². The van der Waals surface area contributed by atoms with Gasteiger partial charge in [0.05, 0.1) is 5.92 Å². The van der Waals surface area contributed by atoms with E-state index in [2.05, 4.69) is 10.2 Å². The molecule has 3 heteroatoms. The third kappa shape index (κ3) is 1.10. The Morgan fingerprint density at radius 3 is 2.77 bits per heavy atom. The maximum atomic E-state index is 11.4. The Labute approximate surface area is 78.5 Å². The van der Waals surface area contributed by atoms with Crippen molar-refractivity contribution in [1.29, 1.82) is 0 Å². The molecule has 2 saturated heterocycles. The van der Waals surface area contributed by atoms with Crippen LogP contribution >= 0.6 is 0 Å². The molecular weight excluding hydrogens is 164 g/mol. The number of piperidine rings is 1. The molecular formula is C10H16N2O. The molecule has 1 aliphatic carbocycles. The highest BCUT2D eigenvalue weighted by Crippen LogP contribution is 2.35. The van der Waals surface area contributed by atoms with Crippen molar-refractivity contribution >= 4 is 5.91 Å². The fraction of sp³-hybridized carbons (Fsp3) is 0.900. The minimum Gasteiger partial charge on any atom is -0.354 e. The summed E-state index contributed by atoms with van der Waals surface area (Å²) < 4.78 is 0. The lowest BCUT2D eigenvalue weighted by molar-refractivity contribution is -0.125. The van der Waals surface area contributed by atoms with Crippen molar-refractivity contribution in [1.82, 2.24) is 10.2 Å². The molecule has 1 amide bonds. The Morgan fingerprint density at radius 2 is 2.15 bits per heavy atom. The fourth-order valence-corrected chi connectivity index (χ4v) is 2.86. The molecule has 72 valence electrons. The van der Waals surface area contributed by atoms with Gasteiger partial charge >= 0.3 is 0 Å². The summed E-state index contributed by atoms with van der Waals surface area (Å²) >= 11 is 0. The maximum absolute atomic E-state index is 11.4. The van der Waals surface area contributed by atoms with E-state index in [1.54, 1.807) is 0 Å². The summed E-state index contributed by atoms with van der Waals surface area (Å²) in [4.78, 5) is 14.0. The van der Waals surface area contributed by atoms with E-state index in [9.17, 15) is 4.79 Å². The van der Waals surface area contributed by atoms with Crippen LogP contribution < -0.4 is 5.32 Å². The van der Waals surface area contributed by atoms with E-state index in [0.29, 0.717) is 12.0 Å². The number of rotatable bonds is 1. The van der Waals surface area contributed by atoms with Gasteiger partial charge in [0.1, 0.15) is 0 Å². The third-order valence-electron chi connectivity index (χ3n) is 3.88. The van der Waals surface area contributed by atoms with E-state index in [1.807, 2.05) is 0 Å². The van der Waals surface area contributed by atoms with Crippen LogP contribution in [-0.2, 0) is 4.79 Å². The van der Waals surface area contributed by atoms with Crippen LogP contribution in [0.2, 0.25) is 0 Å².